The number of aryl methyl sites for hydroxylation is 1. The van der Waals surface area contributed by atoms with Crippen LogP contribution in [0.25, 0.3) is 32.7 Å². The molecule has 0 aromatic heterocycles. The second-order valence-corrected chi connectivity index (χ2v) is 13.0. The molecule has 0 heterocycles. The number of benzene rings is 3. The summed E-state index contributed by atoms with van der Waals surface area (Å²) in [5.41, 5.74) is 5.55. The molecule has 4 heteroatoms. The summed E-state index contributed by atoms with van der Waals surface area (Å²) in [5, 5.41) is 5.35. The summed E-state index contributed by atoms with van der Waals surface area (Å²) in [4.78, 5) is 0. The van der Waals surface area contributed by atoms with E-state index in [9.17, 15) is 0 Å². The molecule has 182 valence electrons. The largest absolute Gasteiger partial charge is 0.168 e. The summed E-state index contributed by atoms with van der Waals surface area (Å²) in [7, 11) is 10.9. The van der Waals surface area contributed by atoms with Crippen molar-refractivity contribution in [3.8, 4) is 11.1 Å². The number of rotatable bonds is 1. The molecule has 0 amide bonds. The monoisotopic (exact) mass is 552 g/mol. The molecule has 0 saturated carbocycles. The van der Waals surface area contributed by atoms with Crippen LogP contribution in [0, 0.1) is 6.92 Å². The van der Waals surface area contributed by atoms with Gasteiger partial charge in [-0.15, -0.1) is 64.2 Å². The molecule has 0 N–H and O–H groups in total. The van der Waals surface area contributed by atoms with Crippen LogP contribution in [0.15, 0.2) is 97.1 Å². The third-order valence-electron chi connectivity index (χ3n) is 5.50. The van der Waals surface area contributed by atoms with Gasteiger partial charge in [0, 0.05) is 9.52 Å². The first-order chi connectivity index (χ1) is 16.7. The van der Waals surface area contributed by atoms with Crippen molar-refractivity contribution < 1.29 is 17.0 Å². The summed E-state index contributed by atoms with van der Waals surface area (Å²) in [5.74, 6) is 0. The van der Waals surface area contributed by atoms with Gasteiger partial charge in [0.05, 0.1) is 0 Å². The Morgan fingerprint density at radius 3 is 2.00 bits per heavy atom. The van der Waals surface area contributed by atoms with E-state index in [0.29, 0.717) is 0 Å². The fourth-order valence-corrected chi connectivity index (χ4v) is 3.86. The molecular formula is C31H34Cl2SiTi-2. The zero-order chi connectivity index (χ0) is 25.8. The van der Waals surface area contributed by atoms with E-state index in [2.05, 4.69) is 138 Å². The second kappa shape index (κ2) is 14.8. The standard InChI is InChI=1S/C20H21.C9H7.C2H6Si.2ClH.Ti/c1-14-12-16-6-5-7-18(19(16)13-14)15-8-10-17(11-9-15)20(2,3)4;1-2-5-9-7-3-6-8(9)4-1;1-3-2;;;/h5-13H,1-4H3;1-7H;1-2H3;2*1H;/q2*-1;;;;+2/p-2. The molecule has 0 fully saturated rings. The fourth-order valence-electron chi connectivity index (χ4n) is 3.86. The Hall–Kier alpha value is -1.61. The van der Waals surface area contributed by atoms with Gasteiger partial charge in [-0.2, -0.15) is 23.6 Å². The molecule has 0 nitrogen and oxygen atoms in total. The van der Waals surface area contributed by atoms with Gasteiger partial charge < -0.3 is 0 Å². The van der Waals surface area contributed by atoms with E-state index in [1.807, 2.05) is 0 Å². The molecule has 0 atom stereocenters. The minimum absolute atomic E-state index is 0.210. The first-order valence-corrected chi connectivity index (χ1v) is 18.0. The van der Waals surface area contributed by atoms with Crippen molar-refractivity contribution in [3.05, 3.63) is 108 Å². The van der Waals surface area contributed by atoms with Crippen LogP contribution >= 0.6 is 18.6 Å². The molecule has 0 bridgehead atoms. The van der Waals surface area contributed by atoms with Gasteiger partial charge in [-0.25, -0.2) is 0 Å². The van der Waals surface area contributed by atoms with Gasteiger partial charge in [0.1, 0.15) is 0 Å². The van der Waals surface area contributed by atoms with Crippen LogP contribution in [0.5, 0.6) is 0 Å². The van der Waals surface area contributed by atoms with Gasteiger partial charge >= 0.3 is 35.6 Å². The third-order valence-corrected chi connectivity index (χ3v) is 5.50. The van der Waals surface area contributed by atoms with Gasteiger partial charge in [0.25, 0.3) is 0 Å². The summed E-state index contributed by atoms with van der Waals surface area (Å²) < 4.78 is 0. The zero-order valence-corrected chi connectivity index (χ0v) is 25.6. The number of halogens is 2. The summed E-state index contributed by atoms with van der Waals surface area (Å²) in [6, 6.07) is 34.8. The van der Waals surface area contributed by atoms with E-state index in [0.717, 1.165) is 9.52 Å². The van der Waals surface area contributed by atoms with E-state index in [-0.39, 0.29) is 5.41 Å². The van der Waals surface area contributed by atoms with Gasteiger partial charge in [0.15, 0.2) is 0 Å². The van der Waals surface area contributed by atoms with Gasteiger partial charge in [-0.1, -0.05) is 82.8 Å². The van der Waals surface area contributed by atoms with Crippen molar-refractivity contribution in [1.82, 2.24) is 0 Å². The van der Waals surface area contributed by atoms with Crippen LogP contribution in [0.1, 0.15) is 31.9 Å². The third kappa shape index (κ3) is 9.08. The Balaban J connectivity index is 0.000000237. The van der Waals surface area contributed by atoms with Crippen LogP contribution in [0.3, 0.4) is 0 Å². The number of fused-ring (bicyclic) bond motifs is 2. The molecule has 0 aliphatic heterocycles. The van der Waals surface area contributed by atoms with Gasteiger partial charge in [-0.05, 0) is 16.5 Å². The van der Waals surface area contributed by atoms with E-state index >= 15 is 0 Å². The number of hydrogen-bond donors (Lipinski definition) is 0. The minimum atomic E-state index is -0.556. The molecule has 0 unspecified atom stereocenters. The topological polar surface area (TPSA) is 0 Å². The smallest absolute Gasteiger partial charge is 0.0809 e. The molecule has 0 aliphatic carbocycles. The van der Waals surface area contributed by atoms with Crippen molar-refractivity contribution in [2.45, 2.75) is 46.2 Å². The minimum Gasteiger partial charge on any atom is -0.168 e. The normalized spacial score (nSPS) is 10.4. The van der Waals surface area contributed by atoms with Crippen molar-refractivity contribution in [1.29, 1.82) is 0 Å². The van der Waals surface area contributed by atoms with Crippen LogP contribution in [-0.4, -0.2) is 9.52 Å². The van der Waals surface area contributed by atoms with Crippen molar-refractivity contribution in [2.75, 3.05) is 0 Å². The molecule has 5 rings (SSSR count). The van der Waals surface area contributed by atoms with E-state index in [4.69, 9.17) is 18.6 Å². The molecule has 2 radical (unpaired) electrons. The van der Waals surface area contributed by atoms with Crippen molar-refractivity contribution in [2.24, 2.45) is 0 Å². The maximum absolute atomic E-state index is 4.89. The maximum Gasteiger partial charge on any atom is -0.0809 e. The van der Waals surface area contributed by atoms with E-state index in [1.54, 1.807) is 0 Å². The number of hydrogen-bond acceptors (Lipinski definition) is 0. The quantitative estimate of drug-likeness (QED) is 0.143. The Morgan fingerprint density at radius 2 is 1.40 bits per heavy atom. The second-order valence-electron chi connectivity index (χ2n) is 9.39. The Labute approximate surface area is 230 Å². The summed E-state index contributed by atoms with van der Waals surface area (Å²) in [6.45, 7) is 13.2. The van der Waals surface area contributed by atoms with E-state index in [1.165, 1.54) is 43.8 Å². The molecular weight excluding hydrogens is 519 g/mol. The van der Waals surface area contributed by atoms with Crippen molar-refractivity contribution in [3.63, 3.8) is 0 Å². The molecule has 0 aliphatic rings. The van der Waals surface area contributed by atoms with Crippen LogP contribution in [0.2, 0.25) is 13.1 Å². The average Bonchev–Trinajstić information content (AvgIpc) is 3.45. The van der Waals surface area contributed by atoms with Gasteiger partial charge in [0.2, 0.25) is 0 Å². The van der Waals surface area contributed by atoms with Crippen LogP contribution in [0.4, 0.5) is 0 Å². The Kier molecular flexibility index (Phi) is 12.6. The van der Waals surface area contributed by atoms with Crippen molar-refractivity contribution >= 4 is 49.7 Å². The molecule has 5 aromatic rings. The average molecular weight is 553 g/mol. The summed E-state index contributed by atoms with van der Waals surface area (Å²) >= 11 is -0.556. The maximum atomic E-state index is 4.89. The Morgan fingerprint density at radius 1 is 0.800 bits per heavy atom. The molecule has 0 spiro atoms. The molecule has 0 saturated heterocycles. The fraction of sp³-hybridized carbons (Fsp3) is 0.226. The first kappa shape index (κ1) is 29.6. The molecule has 35 heavy (non-hydrogen) atoms. The van der Waals surface area contributed by atoms with Gasteiger partial charge in [-0.3, -0.25) is 0 Å². The van der Waals surface area contributed by atoms with Crippen LogP contribution in [-0.2, 0) is 22.4 Å². The summed E-state index contributed by atoms with van der Waals surface area (Å²) in [6.07, 6.45) is 0. The predicted octanol–water partition coefficient (Wildman–Crippen LogP) is 10.6. The molecule has 5 aromatic carbocycles. The van der Waals surface area contributed by atoms with E-state index < -0.39 is 17.0 Å². The Bertz CT molecular complexity index is 1240. The van der Waals surface area contributed by atoms with Crippen LogP contribution < -0.4 is 0 Å². The first-order valence-electron chi connectivity index (χ1n) is 11.7. The SMILES string of the molecule is C[Si]C.Cc1cc2c(-c3ccc(C(C)(C)C)cc3)cccc2[cH-]1.[Cl][Ti][Cl].c1ccc2[cH-]ccc2c1. The zero-order valence-electron chi connectivity index (χ0n) is 21.5. The predicted molar refractivity (Wildman–Crippen MR) is 157 cm³/mol.